The Morgan fingerprint density at radius 2 is 1.39 bits per heavy atom. The molecule has 0 aromatic carbocycles. The summed E-state index contributed by atoms with van der Waals surface area (Å²) >= 11 is 0. The van der Waals surface area contributed by atoms with Crippen LogP contribution in [0.25, 0.3) is 0 Å². The highest BCUT2D eigenvalue weighted by Gasteiger charge is 2.13. The summed E-state index contributed by atoms with van der Waals surface area (Å²) in [4.78, 5) is 0. The van der Waals surface area contributed by atoms with E-state index < -0.39 is 0 Å². The normalized spacial score (nSPS) is 18.4. The van der Waals surface area contributed by atoms with Crippen molar-refractivity contribution in [1.29, 1.82) is 0 Å². The topological polar surface area (TPSA) is 66.4 Å². The minimum atomic E-state index is 0.0427. The summed E-state index contributed by atoms with van der Waals surface area (Å²) in [6.07, 6.45) is 8.00. The first-order valence-electron chi connectivity index (χ1n) is 9.01. The molecule has 1 unspecified atom stereocenters. The Labute approximate surface area is 140 Å². The monoisotopic (exact) mass is 334 g/mol. The number of aliphatic hydroxyl groups excluding tert-OH is 1. The summed E-state index contributed by atoms with van der Waals surface area (Å²) in [5.74, 6) is 0. The molecule has 6 nitrogen and oxygen atoms in total. The smallest absolute Gasteiger partial charge is 0.157 e. The Balaban J connectivity index is 1.67. The van der Waals surface area contributed by atoms with Gasteiger partial charge in [0.05, 0.1) is 39.6 Å². The second-order valence-corrected chi connectivity index (χ2v) is 5.64. The minimum Gasteiger partial charge on any atom is -0.394 e. The molecule has 0 spiro atoms. The third-order valence-corrected chi connectivity index (χ3v) is 3.60. The van der Waals surface area contributed by atoms with Crippen LogP contribution in [0, 0.1) is 0 Å². The van der Waals surface area contributed by atoms with E-state index in [0.717, 1.165) is 39.1 Å². The Hall–Kier alpha value is -0.240. The van der Waals surface area contributed by atoms with Gasteiger partial charge in [-0.05, 0) is 32.1 Å². The van der Waals surface area contributed by atoms with E-state index in [1.807, 2.05) is 0 Å². The number of hydrogen-bond acceptors (Lipinski definition) is 6. The molecule has 0 radical (unpaired) electrons. The molecule has 0 aromatic heterocycles. The Morgan fingerprint density at radius 1 is 0.739 bits per heavy atom. The zero-order valence-electron chi connectivity index (χ0n) is 14.4. The number of ether oxygens (including phenoxy) is 5. The van der Waals surface area contributed by atoms with Gasteiger partial charge in [-0.2, -0.15) is 0 Å². The van der Waals surface area contributed by atoms with Gasteiger partial charge in [0.2, 0.25) is 0 Å². The number of unbranched alkanes of at least 4 members (excludes halogenated alkanes) is 3. The zero-order chi connectivity index (χ0) is 16.4. The van der Waals surface area contributed by atoms with Crippen molar-refractivity contribution in [3.8, 4) is 0 Å². The molecular weight excluding hydrogens is 300 g/mol. The summed E-state index contributed by atoms with van der Waals surface area (Å²) in [5.41, 5.74) is 0. The predicted molar refractivity (Wildman–Crippen MR) is 87.6 cm³/mol. The molecule has 138 valence electrons. The van der Waals surface area contributed by atoms with E-state index >= 15 is 0 Å². The lowest BCUT2D eigenvalue weighted by Crippen LogP contribution is -2.22. The highest BCUT2D eigenvalue weighted by Crippen LogP contribution is 2.14. The molecule has 0 amide bonds. The van der Waals surface area contributed by atoms with Gasteiger partial charge in [-0.1, -0.05) is 12.8 Å². The van der Waals surface area contributed by atoms with Gasteiger partial charge in [-0.25, -0.2) is 0 Å². The molecule has 1 aliphatic rings. The van der Waals surface area contributed by atoms with Crippen LogP contribution >= 0.6 is 0 Å². The fourth-order valence-electron chi connectivity index (χ4n) is 2.32. The van der Waals surface area contributed by atoms with Crippen molar-refractivity contribution in [2.24, 2.45) is 0 Å². The van der Waals surface area contributed by atoms with E-state index in [2.05, 4.69) is 0 Å². The van der Waals surface area contributed by atoms with Gasteiger partial charge < -0.3 is 28.8 Å². The van der Waals surface area contributed by atoms with Gasteiger partial charge in [0.15, 0.2) is 6.29 Å². The zero-order valence-corrected chi connectivity index (χ0v) is 14.4. The van der Waals surface area contributed by atoms with Crippen LogP contribution in [0.2, 0.25) is 0 Å². The largest absolute Gasteiger partial charge is 0.394 e. The first kappa shape index (κ1) is 20.8. The van der Waals surface area contributed by atoms with Crippen LogP contribution in [-0.2, 0) is 23.7 Å². The van der Waals surface area contributed by atoms with Crippen LogP contribution in [0.4, 0.5) is 0 Å². The number of rotatable bonds is 16. The molecule has 1 aliphatic heterocycles. The van der Waals surface area contributed by atoms with Crippen LogP contribution in [0.5, 0.6) is 0 Å². The molecule has 6 heteroatoms. The summed E-state index contributed by atoms with van der Waals surface area (Å²) in [6, 6.07) is 0. The third kappa shape index (κ3) is 13.9. The van der Waals surface area contributed by atoms with E-state index in [1.165, 1.54) is 25.7 Å². The predicted octanol–water partition coefficient (Wildman–Crippen LogP) is 2.13. The van der Waals surface area contributed by atoms with Gasteiger partial charge in [-0.15, -0.1) is 0 Å². The fourth-order valence-corrected chi connectivity index (χ4v) is 2.32. The number of hydrogen-bond donors (Lipinski definition) is 1. The van der Waals surface area contributed by atoms with Gasteiger partial charge in [0.1, 0.15) is 0 Å². The summed E-state index contributed by atoms with van der Waals surface area (Å²) < 4.78 is 27.1. The minimum absolute atomic E-state index is 0.0427. The van der Waals surface area contributed by atoms with Crippen molar-refractivity contribution < 1.29 is 28.8 Å². The van der Waals surface area contributed by atoms with Gasteiger partial charge in [-0.3, -0.25) is 0 Å². The van der Waals surface area contributed by atoms with Crippen LogP contribution in [0.1, 0.15) is 44.9 Å². The summed E-state index contributed by atoms with van der Waals surface area (Å²) in [6.45, 7) is 5.17. The lowest BCUT2D eigenvalue weighted by atomic mass is 10.2. The van der Waals surface area contributed by atoms with Crippen LogP contribution in [0.15, 0.2) is 0 Å². The molecule has 1 rings (SSSR count). The molecule has 0 aromatic rings. The van der Waals surface area contributed by atoms with Crippen molar-refractivity contribution in [3.05, 3.63) is 0 Å². The molecule has 1 heterocycles. The molecular formula is C17H34O6. The van der Waals surface area contributed by atoms with Crippen LogP contribution < -0.4 is 0 Å². The molecule has 0 bridgehead atoms. The van der Waals surface area contributed by atoms with Gasteiger partial charge in [0.25, 0.3) is 0 Å². The van der Waals surface area contributed by atoms with E-state index in [1.54, 1.807) is 0 Å². The quantitative estimate of drug-likeness (QED) is 0.436. The molecule has 1 atom stereocenters. The Bertz CT molecular complexity index is 233. The first-order chi connectivity index (χ1) is 11.4. The lowest BCUT2D eigenvalue weighted by molar-refractivity contribution is -0.162. The maximum atomic E-state index is 8.52. The number of aliphatic hydroxyl groups is 1. The van der Waals surface area contributed by atoms with Gasteiger partial charge >= 0.3 is 0 Å². The lowest BCUT2D eigenvalue weighted by Gasteiger charge is -2.22. The van der Waals surface area contributed by atoms with E-state index in [4.69, 9.17) is 28.8 Å². The fraction of sp³-hybridized carbons (Fsp3) is 1.00. The summed E-state index contributed by atoms with van der Waals surface area (Å²) in [7, 11) is 0. The van der Waals surface area contributed by atoms with E-state index in [0.29, 0.717) is 33.0 Å². The second-order valence-electron chi connectivity index (χ2n) is 5.64. The molecule has 0 aliphatic carbocycles. The van der Waals surface area contributed by atoms with Gasteiger partial charge in [0, 0.05) is 19.8 Å². The average molecular weight is 334 g/mol. The highest BCUT2D eigenvalue weighted by molar-refractivity contribution is 4.54. The molecule has 1 saturated heterocycles. The van der Waals surface area contributed by atoms with E-state index in [9.17, 15) is 0 Å². The van der Waals surface area contributed by atoms with Crippen molar-refractivity contribution in [3.63, 3.8) is 0 Å². The standard InChI is InChI=1S/C17H34O6/c18-8-12-20-14-16-21-15-13-19-9-4-1-2-5-10-22-17-7-3-6-11-23-17/h17-18H,1-16H2. The third-order valence-electron chi connectivity index (χ3n) is 3.60. The van der Waals surface area contributed by atoms with Crippen LogP contribution in [-0.4, -0.2) is 70.9 Å². The molecule has 1 fully saturated rings. The van der Waals surface area contributed by atoms with E-state index in [-0.39, 0.29) is 12.9 Å². The maximum Gasteiger partial charge on any atom is 0.157 e. The molecule has 1 N–H and O–H groups in total. The second kappa shape index (κ2) is 16.6. The van der Waals surface area contributed by atoms with Crippen LogP contribution in [0.3, 0.4) is 0 Å². The SMILES string of the molecule is OCCOCCOCCOCCCCCCOC1CCCCO1. The average Bonchev–Trinajstić information content (AvgIpc) is 2.59. The Kier molecular flexibility index (Phi) is 15.0. The molecule has 0 saturated carbocycles. The first-order valence-corrected chi connectivity index (χ1v) is 9.01. The van der Waals surface area contributed by atoms with Crippen molar-refractivity contribution in [2.45, 2.75) is 51.2 Å². The maximum absolute atomic E-state index is 8.52. The Morgan fingerprint density at radius 3 is 2.04 bits per heavy atom. The van der Waals surface area contributed by atoms with Crippen molar-refractivity contribution in [1.82, 2.24) is 0 Å². The highest BCUT2D eigenvalue weighted by atomic mass is 16.7. The molecule has 23 heavy (non-hydrogen) atoms. The van der Waals surface area contributed by atoms with Crippen molar-refractivity contribution >= 4 is 0 Å². The van der Waals surface area contributed by atoms with Crippen molar-refractivity contribution in [2.75, 3.05) is 59.5 Å². The summed E-state index contributed by atoms with van der Waals surface area (Å²) in [5, 5.41) is 8.52.